The Morgan fingerprint density at radius 2 is 2.24 bits per heavy atom. The maximum atomic E-state index is 10.5. The lowest BCUT2D eigenvalue weighted by atomic mass is 10.2. The number of carboxylic acid groups (broad SMARTS) is 1. The van der Waals surface area contributed by atoms with E-state index in [1.807, 2.05) is 24.3 Å². The van der Waals surface area contributed by atoms with Crippen molar-refractivity contribution in [3.8, 4) is 5.75 Å². The molecule has 1 aromatic carbocycles. The number of rotatable bonds is 7. The van der Waals surface area contributed by atoms with Gasteiger partial charge in [-0.05, 0) is 18.2 Å². The van der Waals surface area contributed by atoms with Crippen molar-refractivity contribution >= 4 is 17.7 Å². The SMILES string of the molecule is COc1ccccc1CSCCC(N)C(=O)O. The molecule has 1 aromatic rings. The molecule has 1 unspecified atom stereocenters. The second-order valence-corrected chi connectivity index (χ2v) is 4.70. The van der Waals surface area contributed by atoms with Crippen LogP contribution < -0.4 is 10.5 Å². The highest BCUT2D eigenvalue weighted by molar-refractivity contribution is 7.98. The van der Waals surface area contributed by atoms with Gasteiger partial charge >= 0.3 is 5.97 Å². The van der Waals surface area contributed by atoms with Crippen LogP contribution in [0.3, 0.4) is 0 Å². The van der Waals surface area contributed by atoms with Crippen molar-refractivity contribution in [2.24, 2.45) is 5.73 Å². The average molecular weight is 255 g/mol. The molecule has 1 rings (SSSR count). The number of ether oxygens (including phenoxy) is 1. The van der Waals surface area contributed by atoms with E-state index in [4.69, 9.17) is 15.6 Å². The van der Waals surface area contributed by atoms with Crippen LogP contribution in [0.2, 0.25) is 0 Å². The predicted octanol–water partition coefficient (Wildman–Crippen LogP) is 1.73. The van der Waals surface area contributed by atoms with Gasteiger partial charge in [0.05, 0.1) is 7.11 Å². The number of para-hydroxylation sites is 1. The van der Waals surface area contributed by atoms with Crippen molar-refractivity contribution in [1.29, 1.82) is 0 Å². The fourth-order valence-corrected chi connectivity index (χ4v) is 2.36. The molecule has 0 aliphatic heterocycles. The Morgan fingerprint density at radius 1 is 1.53 bits per heavy atom. The van der Waals surface area contributed by atoms with Gasteiger partial charge in [-0.3, -0.25) is 4.79 Å². The van der Waals surface area contributed by atoms with Crippen LogP contribution in [0.1, 0.15) is 12.0 Å². The number of methoxy groups -OCH3 is 1. The summed E-state index contributed by atoms with van der Waals surface area (Å²) >= 11 is 1.66. The normalized spacial score (nSPS) is 12.1. The molecule has 0 saturated carbocycles. The number of aliphatic carboxylic acids is 1. The average Bonchev–Trinajstić information content (AvgIpc) is 2.34. The van der Waals surface area contributed by atoms with Crippen molar-refractivity contribution in [1.82, 2.24) is 0 Å². The van der Waals surface area contributed by atoms with Crippen LogP contribution in [0.15, 0.2) is 24.3 Å². The molecule has 0 aliphatic rings. The van der Waals surface area contributed by atoms with Crippen molar-refractivity contribution in [2.75, 3.05) is 12.9 Å². The fourth-order valence-electron chi connectivity index (χ4n) is 1.34. The van der Waals surface area contributed by atoms with Gasteiger partial charge in [-0.15, -0.1) is 0 Å². The smallest absolute Gasteiger partial charge is 0.320 e. The molecule has 0 spiro atoms. The van der Waals surface area contributed by atoms with Crippen LogP contribution in [-0.2, 0) is 10.5 Å². The Kier molecular flexibility index (Phi) is 5.86. The number of carboxylic acids is 1. The number of nitrogens with two attached hydrogens (primary N) is 1. The molecule has 0 amide bonds. The molecule has 0 heterocycles. The van der Waals surface area contributed by atoms with Crippen molar-refractivity contribution < 1.29 is 14.6 Å². The molecule has 94 valence electrons. The second-order valence-electron chi connectivity index (χ2n) is 3.60. The summed E-state index contributed by atoms with van der Waals surface area (Å²) in [5, 5.41) is 8.63. The zero-order chi connectivity index (χ0) is 12.7. The van der Waals surface area contributed by atoms with E-state index in [1.165, 1.54) is 0 Å². The zero-order valence-corrected chi connectivity index (χ0v) is 10.6. The summed E-state index contributed by atoms with van der Waals surface area (Å²) in [4.78, 5) is 10.5. The Bertz CT molecular complexity index is 371. The Balaban J connectivity index is 2.33. The van der Waals surface area contributed by atoms with E-state index in [1.54, 1.807) is 18.9 Å². The summed E-state index contributed by atoms with van der Waals surface area (Å²) in [6, 6.07) is 7.04. The molecule has 1 atom stereocenters. The molecule has 0 fully saturated rings. The largest absolute Gasteiger partial charge is 0.496 e. The fraction of sp³-hybridized carbons (Fsp3) is 0.417. The molecule has 3 N–H and O–H groups in total. The van der Waals surface area contributed by atoms with Crippen LogP contribution in [0.4, 0.5) is 0 Å². The maximum absolute atomic E-state index is 10.5. The number of hydrogen-bond acceptors (Lipinski definition) is 4. The second kappa shape index (κ2) is 7.19. The minimum atomic E-state index is -0.942. The third-order valence-electron chi connectivity index (χ3n) is 2.34. The lowest BCUT2D eigenvalue weighted by Crippen LogP contribution is -2.30. The third kappa shape index (κ3) is 4.66. The van der Waals surface area contributed by atoms with Crippen molar-refractivity contribution in [2.45, 2.75) is 18.2 Å². The van der Waals surface area contributed by atoms with Gasteiger partial charge in [-0.25, -0.2) is 0 Å². The molecule has 0 aliphatic carbocycles. The summed E-state index contributed by atoms with van der Waals surface area (Å²) in [6.45, 7) is 0. The first-order chi connectivity index (χ1) is 8.15. The van der Waals surface area contributed by atoms with Gasteiger partial charge in [0.15, 0.2) is 0 Å². The van der Waals surface area contributed by atoms with Crippen LogP contribution in [-0.4, -0.2) is 30.0 Å². The molecule has 17 heavy (non-hydrogen) atoms. The van der Waals surface area contributed by atoms with E-state index in [0.717, 1.165) is 22.8 Å². The molecule has 5 heteroatoms. The molecular formula is C12H17NO3S. The minimum absolute atomic E-state index is 0.481. The first kappa shape index (κ1) is 13.9. The number of benzene rings is 1. The van der Waals surface area contributed by atoms with Crippen LogP contribution in [0.25, 0.3) is 0 Å². The van der Waals surface area contributed by atoms with E-state index in [0.29, 0.717) is 6.42 Å². The van der Waals surface area contributed by atoms with Crippen LogP contribution >= 0.6 is 11.8 Å². The van der Waals surface area contributed by atoms with Gasteiger partial charge in [0.1, 0.15) is 11.8 Å². The van der Waals surface area contributed by atoms with Gasteiger partial charge in [-0.1, -0.05) is 18.2 Å². The third-order valence-corrected chi connectivity index (χ3v) is 3.38. The Morgan fingerprint density at radius 3 is 2.88 bits per heavy atom. The first-order valence-electron chi connectivity index (χ1n) is 5.33. The minimum Gasteiger partial charge on any atom is -0.496 e. The first-order valence-corrected chi connectivity index (χ1v) is 6.48. The van der Waals surface area contributed by atoms with E-state index in [2.05, 4.69) is 0 Å². The van der Waals surface area contributed by atoms with E-state index in [9.17, 15) is 4.79 Å². The maximum Gasteiger partial charge on any atom is 0.320 e. The number of carbonyl (C=O) groups is 1. The quantitative estimate of drug-likeness (QED) is 0.726. The monoisotopic (exact) mass is 255 g/mol. The topological polar surface area (TPSA) is 72.5 Å². The van der Waals surface area contributed by atoms with E-state index >= 15 is 0 Å². The number of hydrogen-bond donors (Lipinski definition) is 2. The molecule has 0 saturated heterocycles. The lowest BCUT2D eigenvalue weighted by Gasteiger charge is -2.08. The van der Waals surface area contributed by atoms with Crippen LogP contribution in [0.5, 0.6) is 5.75 Å². The Labute approximate surface area is 105 Å². The van der Waals surface area contributed by atoms with E-state index in [-0.39, 0.29) is 0 Å². The summed E-state index contributed by atoms with van der Waals surface area (Å²) in [5.41, 5.74) is 6.53. The predicted molar refractivity (Wildman–Crippen MR) is 69.4 cm³/mol. The molecule has 4 nitrogen and oxygen atoms in total. The highest BCUT2D eigenvalue weighted by Gasteiger charge is 2.10. The van der Waals surface area contributed by atoms with Crippen molar-refractivity contribution in [3.63, 3.8) is 0 Å². The molecule has 0 bridgehead atoms. The lowest BCUT2D eigenvalue weighted by molar-refractivity contribution is -0.138. The highest BCUT2D eigenvalue weighted by atomic mass is 32.2. The van der Waals surface area contributed by atoms with Gasteiger partial charge in [0, 0.05) is 11.3 Å². The molecular weight excluding hydrogens is 238 g/mol. The zero-order valence-electron chi connectivity index (χ0n) is 9.76. The van der Waals surface area contributed by atoms with Crippen molar-refractivity contribution in [3.05, 3.63) is 29.8 Å². The number of thioether (sulfide) groups is 1. The standard InChI is InChI=1S/C12H17NO3S/c1-16-11-5-3-2-4-9(11)8-17-7-6-10(13)12(14)15/h2-5,10H,6-8,13H2,1H3,(H,14,15). The van der Waals surface area contributed by atoms with Gasteiger partial charge in [0.25, 0.3) is 0 Å². The summed E-state index contributed by atoms with van der Waals surface area (Å²) in [7, 11) is 1.64. The summed E-state index contributed by atoms with van der Waals surface area (Å²) in [6.07, 6.45) is 0.481. The highest BCUT2D eigenvalue weighted by Crippen LogP contribution is 2.23. The Hall–Kier alpha value is -1.20. The van der Waals surface area contributed by atoms with Gasteiger partial charge < -0.3 is 15.6 Å². The molecule has 0 radical (unpaired) electrons. The summed E-state index contributed by atoms with van der Waals surface area (Å²) in [5.74, 6) is 1.45. The van der Waals surface area contributed by atoms with Gasteiger partial charge in [-0.2, -0.15) is 11.8 Å². The molecule has 0 aromatic heterocycles. The summed E-state index contributed by atoms with van der Waals surface area (Å²) < 4.78 is 5.23. The van der Waals surface area contributed by atoms with Crippen LogP contribution in [0, 0.1) is 0 Å². The van der Waals surface area contributed by atoms with E-state index < -0.39 is 12.0 Å². The van der Waals surface area contributed by atoms with Gasteiger partial charge in [0.2, 0.25) is 0 Å².